The molecule has 2 nitrogen and oxygen atoms in total. The number of rotatable bonds is 2. The summed E-state index contributed by atoms with van der Waals surface area (Å²) in [5, 5.41) is 3.39. The summed E-state index contributed by atoms with van der Waals surface area (Å²) < 4.78 is 0. The first kappa shape index (κ1) is 14.2. The van der Waals surface area contributed by atoms with Gasteiger partial charge in [-0.2, -0.15) is 0 Å². The summed E-state index contributed by atoms with van der Waals surface area (Å²) in [6.07, 6.45) is 0. The molecule has 0 radical (unpaired) electrons. The lowest BCUT2D eigenvalue weighted by molar-refractivity contribution is 0.185. The van der Waals surface area contributed by atoms with E-state index in [1.165, 1.54) is 11.1 Å². The van der Waals surface area contributed by atoms with Crippen LogP contribution in [0.25, 0.3) is 0 Å². The number of benzene rings is 1. The van der Waals surface area contributed by atoms with Crippen molar-refractivity contribution in [2.24, 2.45) is 0 Å². The monoisotopic (exact) mass is 234 g/mol. The lowest BCUT2D eigenvalue weighted by Gasteiger charge is -2.33. The third-order valence-electron chi connectivity index (χ3n) is 3.22. The van der Waals surface area contributed by atoms with Gasteiger partial charge in [0.25, 0.3) is 0 Å². The Morgan fingerprint density at radius 3 is 2.41 bits per heavy atom. The minimum atomic E-state index is 0.548. The SMILES string of the molecule is CC.Cc1cccc(C(C)N2CCNCC2)c1. The number of hydrogen-bond donors (Lipinski definition) is 1. The Morgan fingerprint density at radius 1 is 1.18 bits per heavy atom. The van der Waals surface area contributed by atoms with E-state index in [4.69, 9.17) is 0 Å². The Labute approximate surface area is 106 Å². The maximum atomic E-state index is 3.39. The van der Waals surface area contributed by atoms with Crippen molar-refractivity contribution in [2.45, 2.75) is 33.7 Å². The molecule has 1 N–H and O–H groups in total. The van der Waals surface area contributed by atoms with Crippen LogP contribution in [0.2, 0.25) is 0 Å². The van der Waals surface area contributed by atoms with Crippen LogP contribution in [0.15, 0.2) is 24.3 Å². The quantitative estimate of drug-likeness (QED) is 0.846. The molecule has 0 bridgehead atoms. The molecule has 1 aliphatic rings. The van der Waals surface area contributed by atoms with Crippen molar-refractivity contribution in [2.75, 3.05) is 26.2 Å². The van der Waals surface area contributed by atoms with E-state index in [1.807, 2.05) is 13.8 Å². The minimum Gasteiger partial charge on any atom is -0.314 e. The lowest BCUT2D eigenvalue weighted by Crippen LogP contribution is -2.44. The van der Waals surface area contributed by atoms with Gasteiger partial charge >= 0.3 is 0 Å². The average molecular weight is 234 g/mol. The van der Waals surface area contributed by atoms with Gasteiger partial charge in [-0.05, 0) is 19.4 Å². The normalized spacial score (nSPS) is 18.1. The molecule has 0 spiro atoms. The van der Waals surface area contributed by atoms with Gasteiger partial charge < -0.3 is 5.32 Å². The maximum Gasteiger partial charge on any atom is 0.0321 e. The fourth-order valence-electron chi connectivity index (χ4n) is 2.21. The second-order valence-electron chi connectivity index (χ2n) is 4.38. The number of nitrogens with zero attached hydrogens (tertiary/aromatic N) is 1. The summed E-state index contributed by atoms with van der Waals surface area (Å²) in [6, 6.07) is 9.40. The molecule has 2 heteroatoms. The van der Waals surface area contributed by atoms with Crippen LogP contribution in [-0.4, -0.2) is 31.1 Å². The van der Waals surface area contributed by atoms with Gasteiger partial charge in [0.15, 0.2) is 0 Å². The summed E-state index contributed by atoms with van der Waals surface area (Å²) in [6.45, 7) is 13.0. The van der Waals surface area contributed by atoms with Gasteiger partial charge in [0.2, 0.25) is 0 Å². The van der Waals surface area contributed by atoms with Crippen LogP contribution in [0, 0.1) is 6.92 Å². The first-order chi connectivity index (χ1) is 8.27. The van der Waals surface area contributed by atoms with E-state index in [0.717, 1.165) is 26.2 Å². The molecule has 1 saturated heterocycles. The predicted octanol–water partition coefficient (Wildman–Crippen LogP) is 2.99. The molecular formula is C15H26N2. The van der Waals surface area contributed by atoms with Gasteiger partial charge in [0.1, 0.15) is 0 Å². The zero-order valence-electron chi connectivity index (χ0n) is 11.7. The van der Waals surface area contributed by atoms with Crippen LogP contribution < -0.4 is 5.32 Å². The molecule has 1 unspecified atom stereocenters. The molecule has 1 fully saturated rings. The van der Waals surface area contributed by atoms with E-state index in [9.17, 15) is 0 Å². The highest BCUT2D eigenvalue weighted by Gasteiger charge is 2.17. The Bertz CT molecular complexity index is 316. The van der Waals surface area contributed by atoms with Crippen molar-refractivity contribution in [1.29, 1.82) is 0 Å². The minimum absolute atomic E-state index is 0.548. The summed E-state index contributed by atoms with van der Waals surface area (Å²) in [7, 11) is 0. The molecule has 0 amide bonds. The first-order valence-corrected chi connectivity index (χ1v) is 6.79. The van der Waals surface area contributed by atoms with E-state index in [-0.39, 0.29) is 0 Å². The average Bonchev–Trinajstić information content (AvgIpc) is 2.41. The standard InChI is InChI=1S/C13H20N2.C2H6/c1-11-4-3-5-13(10-11)12(2)15-8-6-14-7-9-15;1-2/h3-5,10,12,14H,6-9H2,1-2H3;1-2H3. The molecule has 1 aliphatic heterocycles. The van der Waals surface area contributed by atoms with Crippen LogP contribution in [-0.2, 0) is 0 Å². The van der Waals surface area contributed by atoms with Gasteiger partial charge in [-0.3, -0.25) is 4.90 Å². The van der Waals surface area contributed by atoms with Crippen LogP contribution in [0.1, 0.15) is 37.9 Å². The third-order valence-corrected chi connectivity index (χ3v) is 3.22. The van der Waals surface area contributed by atoms with Gasteiger partial charge in [-0.1, -0.05) is 43.7 Å². The smallest absolute Gasteiger partial charge is 0.0321 e. The first-order valence-electron chi connectivity index (χ1n) is 6.79. The van der Waals surface area contributed by atoms with Crippen LogP contribution in [0.5, 0.6) is 0 Å². The summed E-state index contributed by atoms with van der Waals surface area (Å²) >= 11 is 0. The number of nitrogens with one attached hydrogen (secondary N) is 1. The molecule has 1 aromatic carbocycles. The molecule has 17 heavy (non-hydrogen) atoms. The fourth-order valence-corrected chi connectivity index (χ4v) is 2.21. The number of hydrogen-bond acceptors (Lipinski definition) is 2. The van der Waals surface area contributed by atoms with E-state index < -0.39 is 0 Å². The second-order valence-corrected chi connectivity index (χ2v) is 4.38. The molecule has 2 rings (SSSR count). The second kappa shape index (κ2) is 7.46. The van der Waals surface area contributed by atoms with Gasteiger partial charge in [0.05, 0.1) is 0 Å². The Hall–Kier alpha value is -0.860. The Balaban J connectivity index is 0.000000686. The molecule has 96 valence electrons. The Morgan fingerprint density at radius 2 is 1.82 bits per heavy atom. The van der Waals surface area contributed by atoms with Crippen LogP contribution in [0.3, 0.4) is 0 Å². The molecule has 1 atom stereocenters. The fraction of sp³-hybridized carbons (Fsp3) is 0.600. The van der Waals surface area contributed by atoms with E-state index in [1.54, 1.807) is 0 Å². The lowest BCUT2D eigenvalue weighted by atomic mass is 10.0. The summed E-state index contributed by atoms with van der Waals surface area (Å²) in [5.41, 5.74) is 2.80. The molecule has 0 aromatic heterocycles. The highest BCUT2D eigenvalue weighted by atomic mass is 15.2. The summed E-state index contributed by atoms with van der Waals surface area (Å²) in [5.74, 6) is 0. The molecule has 0 saturated carbocycles. The van der Waals surface area contributed by atoms with Crippen molar-refractivity contribution in [3.8, 4) is 0 Å². The van der Waals surface area contributed by atoms with E-state index in [0.29, 0.717) is 6.04 Å². The van der Waals surface area contributed by atoms with Gasteiger partial charge in [-0.15, -0.1) is 0 Å². The summed E-state index contributed by atoms with van der Waals surface area (Å²) in [4.78, 5) is 2.55. The molecule has 0 aliphatic carbocycles. The van der Waals surface area contributed by atoms with Crippen molar-refractivity contribution in [3.05, 3.63) is 35.4 Å². The van der Waals surface area contributed by atoms with Crippen molar-refractivity contribution >= 4 is 0 Å². The van der Waals surface area contributed by atoms with Crippen LogP contribution in [0.4, 0.5) is 0 Å². The van der Waals surface area contributed by atoms with E-state index in [2.05, 4.69) is 48.3 Å². The van der Waals surface area contributed by atoms with Crippen molar-refractivity contribution in [3.63, 3.8) is 0 Å². The van der Waals surface area contributed by atoms with Crippen molar-refractivity contribution < 1.29 is 0 Å². The topological polar surface area (TPSA) is 15.3 Å². The number of aryl methyl sites for hydroxylation is 1. The van der Waals surface area contributed by atoms with Crippen molar-refractivity contribution in [1.82, 2.24) is 10.2 Å². The highest BCUT2D eigenvalue weighted by molar-refractivity contribution is 5.24. The van der Waals surface area contributed by atoms with E-state index >= 15 is 0 Å². The van der Waals surface area contributed by atoms with Gasteiger partial charge in [0, 0.05) is 32.2 Å². The van der Waals surface area contributed by atoms with Crippen LogP contribution >= 0.6 is 0 Å². The molecular weight excluding hydrogens is 208 g/mol. The zero-order chi connectivity index (χ0) is 12.7. The third kappa shape index (κ3) is 4.14. The molecule has 1 heterocycles. The number of piperazine rings is 1. The predicted molar refractivity (Wildman–Crippen MR) is 75.4 cm³/mol. The zero-order valence-corrected chi connectivity index (χ0v) is 11.7. The Kier molecular flexibility index (Phi) is 6.23. The maximum absolute atomic E-state index is 3.39. The highest BCUT2D eigenvalue weighted by Crippen LogP contribution is 2.20. The van der Waals surface area contributed by atoms with Gasteiger partial charge in [-0.25, -0.2) is 0 Å². The largest absolute Gasteiger partial charge is 0.314 e. The molecule has 1 aromatic rings.